The molecule has 21 heavy (non-hydrogen) atoms. The van der Waals surface area contributed by atoms with Crippen molar-refractivity contribution in [2.75, 3.05) is 20.2 Å². The zero-order chi connectivity index (χ0) is 15.2. The van der Waals surface area contributed by atoms with Gasteiger partial charge in [-0.3, -0.25) is 9.69 Å². The highest BCUT2D eigenvalue weighted by atomic mass is 16.5. The van der Waals surface area contributed by atoms with E-state index < -0.39 is 7.12 Å². The Labute approximate surface area is 125 Å². The van der Waals surface area contributed by atoms with Crippen molar-refractivity contribution in [1.29, 1.82) is 0 Å². The summed E-state index contributed by atoms with van der Waals surface area (Å²) in [6.07, 6.45) is 2.51. The van der Waals surface area contributed by atoms with E-state index in [2.05, 4.69) is 4.90 Å². The number of hydrogen-bond acceptors (Lipinski definition) is 5. The van der Waals surface area contributed by atoms with Gasteiger partial charge in [-0.1, -0.05) is 24.3 Å². The van der Waals surface area contributed by atoms with Crippen LogP contribution in [0.1, 0.15) is 24.8 Å². The second-order valence-electron chi connectivity index (χ2n) is 5.62. The highest BCUT2D eigenvalue weighted by molar-refractivity contribution is 6.58. The average molecular weight is 291 g/mol. The minimum Gasteiger partial charge on any atom is -0.469 e. The quantitative estimate of drug-likeness (QED) is 0.596. The van der Waals surface area contributed by atoms with Gasteiger partial charge in [0, 0.05) is 13.0 Å². The molecule has 6 heteroatoms. The molecule has 1 aromatic rings. The summed E-state index contributed by atoms with van der Waals surface area (Å²) in [5.74, 6) is 0.289. The Hall–Kier alpha value is -1.37. The Morgan fingerprint density at radius 1 is 1.38 bits per heavy atom. The maximum absolute atomic E-state index is 11.3. The van der Waals surface area contributed by atoms with Gasteiger partial charge >= 0.3 is 13.1 Å². The third-order valence-corrected chi connectivity index (χ3v) is 4.05. The summed E-state index contributed by atoms with van der Waals surface area (Å²) >= 11 is 0. The van der Waals surface area contributed by atoms with E-state index in [0.717, 1.165) is 38.0 Å². The molecule has 2 N–H and O–H groups in total. The molecule has 0 atom stereocenters. The number of ether oxygens (including phenoxy) is 1. The molecular formula is C15H22BNO4. The molecule has 0 amide bonds. The first-order valence-corrected chi connectivity index (χ1v) is 7.32. The number of methoxy groups -OCH3 is 1. The number of rotatable bonds is 5. The second kappa shape index (κ2) is 7.59. The van der Waals surface area contributed by atoms with Crippen LogP contribution in [-0.4, -0.2) is 48.2 Å². The molecule has 1 aliphatic heterocycles. The van der Waals surface area contributed by atoms with Gasteiger partial charge in [0.1, 0.15) is 0 Å². The van der Waals surface area contributed by atoms with Gasteiger partial charge in [0.25, 0.3) is 0 Å². The standard InChI is InChI=1S/C15H22BNO4/c1-21-15(18)10-12-5-7-17(8-6-12)11-13-3-2-4-14(9-13)16(19)20/h2-4,9,12,19-20H,5-8,10-11H2,1H3. The van der Waals surface area contributed by atoms with Gasteiger partial charge < -0.3 is 14.8 Å². The van der Waals surface area contributed by atoms with Crippen LogP contribution in [0.25, 0.3) is 0 Å². The maximum atomic E-state index is 11.3. The van der Waals surface area contributed by atoms with E-state index in [1.54, 1.807) is 6.07 Å². The number of hydrogen-bond donors (Lipinski definition) is 2. The summed E-state index contributed by atoms with van der Waals surface area (Å²) in [5.41, 5.74) is 1.60. The van der Waals surface area contributed by atoms with Gasteiger partial charge in [-0.05, 0) is 42.9 Å². The summed E-state index contributed by atoms with van der Waals surface area (Å²) in [4.78, 5) is 13.6. The van der Waals surface area contributed by atoms with E-state index >= 15 is 0 Å². The third-order valence-electron chi connectivity index (χ3n) is 4.05. The van der Waals surface area contributed by atoms with Crippen LogP contribution in [0.3, 0.4) is 0 Å². The van der Waals surface area contributed by atoms with Gasteiger partial charge in [-0.15, -0.1) is 0 Å². The maximum Gasteiger partial charge on any atom is 0.488 e. The van der Waals surface area contributed by atoms with Crippen LogP contribution in [0.4, 0.5) is 0 Å². The van der Waals surface area contributed by atoms with Crippen LogP contribution < -0.4 is 5.46 Å². The van der Waals surface area contributed by atoms with E-state index in [1.165, 1.54) is 7.11 Å². The van der Waals surface area contributed by atoms with E-state index in [9.17, 15) is 14.8 Å². The number of likely N-dealkylation sites (tertiary alicyclic amines) is 1. The van der Waals surface area contributed by atoms with Crippen LogP contribution >= 0.6 is 0 Å². The van der Waals surface area contributed by atoms with Gasteiger partial charge in [-0.25, -0.2) is 0 Å². The molecule has 0 unspecified atom stereocenters. The average Bonchev–Trinajstić information content (AvgIpc) is 2.49. The van der Waals surface area contributed by atoms with Crippen molar-refractivity contribution in [3.8, 4) is 0 Å². The van der Waals surface area contributed by atoms with E-state index in [0.29, 0.717) is 17.8 Å². The van der Waals surface area contributed by atoms with Crippen molar-refractivity contribution in [2.45, 2.75) is 25.8 Å². The molecule has 0 bridgehead atoms. The Morgan fingerprint density at radius 2 is 2.10 bits per heavy atom. The Morgan fingerprint density at radius 3 is 2.71 bits per heavy atom. The molecular weight excluding hydrogens is 269 g/mol. The first-order valence-electron chi connectivity index (χ1n) is 7.32. The topological polar surface area (TPSA) is 70.0 Å². The molecule has 1 aliphatic rings. The minimum atomic E-state index is -1.42. The molecule has 0 spiro atoms. The van der Waals surface area contributed by atoms with Crippen molar-refractivity contribution in [3.05, 3.63) is 29.8 Å². The molecule has 1 saturated heterocycles. The lowest BCUT2D eigenvalue weighted by atomic mass is 9.79. The summed E-state index contributed by atoms with van der Waals surface area (Å²) in [6, 6.07) is 7.36. The monoisotopic (exact) mass is 291 g/mol. The molecule has 1 heterocycles. The normalized spacial score (nSPS) is 16.7. The SMILES string of the molecule is COC(=O)CC1CCN(Cc2cccc(B(O)O)c2)CC1. The van der Waals surface area contributed by atoms with Gasteiger partial charge in [0.15, 0.2) is 0 Å². The zero-order valence-electron chi connectivity index (χ0n) is 12.4. The van der Waals surface area contributed by atoms with Gasteiger partial charge in [-0.2, -0.15) is 0 Å². The molecule has 1 fully saturated rings. The fraction of sp³-hybridized carbons (Fsp3) is 0.533. The predicted octanol–water partition coefficient (Wildman–Crippen LogP) is 0.142. The predicted molar refractivity (Wildman–Crippen MR) is 80.9 cm³/mol. The molecule has 0 aliphatic carbocycles. The molecule has 5 nitrogen and oxygen atoms in total. The Kier molecular flexibility index (Phi) is 5.79. The first-order chi connectivity index (χ1) is 10.1. The highest BCUT2D eigenvalue weighted by Crippen LogP contribution is 2.22. The first kappa shape index (κ1) is 16.0. The molecule has 1 aromatic carbocycles. The number of benzene rings is 1. The Bertz CT molecular complexity index is 472. The van der Waals surface area contributed by atoms with E-state index in [4.69, 9.17) is 4.74 Å². The molecule has 2 rings (SSSR count). The summed E-state index contributed by atoms with van der Waals surface area (Å²) < 4.78 is 4.71. The molecule has 0 aromatic heterocycles. The van der Waals surface area contributed by atoms with Crippen molar-refractivity contribution in [3.63, 3.8) is 0 Å². The van der Waals surface area contributed by atoms with Crippen LogP contribution in [-0.2, 0) is 16.1 Å². The lowest BCUT2D eigenvalue weighted by molar-refractivity contribution is -0.142. The Balaban J connectivity index is 1.83. The number of carbonyl (C=O) groups is 1. The van der Waals surface area contributed by atoms with Crippen molar-refractivity contribution in [2.24, 2.45) is 5.92 Å². The van der Waals surface area contributed by atoms with Crippen LogP contribution in [0, 0.1) is 5.92 Å². The largest absolute Gasteiger partial charge is 0.488 e. The third kappa shape index (κ3) is 4.84. The van der Waals surface area contributed by atoms with Crippen molar-refractivity contribution < 1.29 is 19.6 Å². The highest BCUT2D eigenvalue weighted by Gasteiger charge is 2.22. The lowest BCUT2D eigenvalue weighted by Crippen LogP contribution is -2.35. The smallest absolute Gasteiger partial charge is 0.469 e. The molecule has 0 radical (unpaired) electrons. The molecule has 114 valence electrons. The zero-order valence-corrected chi connectivity index (χ0v) is 12.4. The second-order valence-corrected chi connectivity index (χ2v) is 5.62. The number of nitrogens with zero attached hydrogens (tertiary/aromatic N) is 1. The lowest BCUT2D eigenvalue weighted by Gasteiger charge is -2.31. The van der Waals surface area contributed by atoms with Gasteiger partial charge in [0.05, 0.1) is 7.11 Å². The van der Waals surface area contributed by atoms with Crippen molar-refractivity contribution >= 4 is 18.6 Å². The summed E-state index contributed by atoms with van der Waals surface area (Å²) in [5, 5.41) is 18.4. The van der Waals surface area contributed by atoms with Gasteiger partial charge in [0.2, 0.25) is 0 Å². The number of esters is 1. The summed E-state index contributed by atoms with van der Waals surface area (Å²) in [6.45, 7) is 2.70. The number of piperidine rings is 1. The fourth-order valence-electron chi connectivity index (χ4n) is 2.78. The van der Waals surface area contributed by atoms with E-state index in [-0.39, 0.29) is 5.97 Å². The van der Waals surface area contributed by atoms with Crippen LogP contribution in [0.15, 0.2) is 24.3 Å². The van der Waals surface area contributed by atoms with Crippen LogP contribution in [0.5, 0.6) is 0 Å². The van der Waals surface area contributed by atoms with E-state index in [1.807, 2.05) is 18.2 Å². The fourth-order valence-corrected chi connectivity index (χ4v) is 2.78. The van der Waals surface area contributed by atoms with Crippen LogP contribution in [0.2, 0.25) is 0 Å². The molecule has 0 saturated carbocycles. The summed E-state index contributed by atoms with van der Waals surface area (Å²) in [7, 11) is 0.00998. The minimum absolute atomic E-state index is 0.127. The number of carbonyl (C=O) groups excluding carboxylic acids is 1. The van der Waals surface area contributed by atoms with Crippen molar-refractivity contribution in [1.82, 2.24) is 4.90 Å².